The van der Waals surface area contributed by atoms with Gasteiger partial charge in [-0.25, -0.2) is 4.99 Å². The van der Waals surface area contributed by atoms with E-state index >= 15 is 0 Å². The summed E-state index contributed by atoms with van der Waals surface area (Å²) in [6.07, 6.45) is 1.07. The number of nitrogens with zero attached hydrogens (tertiary/aromatic N) is 1. The first-order valence-corrected chi connectivity index (χ1v) is 7.87. The molecule has 2 aromatic carbocycles. The fourth-order valence-corrected chi connectivity index (χ4v) is 2.94. The molecule has 23 heavy (non-hydrogen) atoms. The third-order valence-electron chi connectivity index (χ3n) is 4.60. The van der Waals surface area contributed by atoms with Gasteiger partial charge in [0.1, 0.15) is 5.75 Å². The zero-order valence-electron chi connectivity index (χ0n) is 13.6. The smallest absolute Gasteiger partial charge is 0.189 e. The van der Waals surface area contributed by atoms with Gasteiger partial charge in [-0.1, -0.05) is 55.5 Å². The van der Waals surface area contributed by atoms with Crippen molar-refractivity contribution in [2.24, 2.45) is 10.7 Å². The summed E-state index contributed by atoms with van der Waals surface area (Å²) in [5, 5.41) is 3.34. The summed E-state index contributed by atoms with van der Waals surface area (Å²) in [4.78, 5) is 4.45. The van der Waals surface area contributed by atoms with Crippen molar-refractivity contribution in [2.75, 3.05) is 7.11 Å². The van der Waals surface area contributed by atoms with Crippen LogP contribution in [0.4, 0.5) is 0 Å². The Morgan fingerprint density at radius 2 is 1.91 bits per heavy atom. The van der Waals surface area contributed by atoms with Crippen LogP contribution in [-0.4, -0.2) is 19.1 Å². The normalized spacial score (nSPS) is 23.4. The number of nitrogens with two attached hydrogens (primary N) is 1. The number of hydrogen-bond acceptors (Lipinski definition) is 2. The molecular weight excluding hydrogens is 286 g/mol. The van der Waals surface area contributed by atoms with Crippen LogP contribution in [0.25, 0.3) is 0 Å². The summed E-state index contributed by atoms with van der Waals surface area (Å²) in [5.41, 5.74) is 8.57. The highest BCUT2D eigenvalue weighted by Gasteiger charge is 2.51. The number of benzene rings is 2. The zero-order valence-corrected chi connectivity index (χ0v) is 13.6. The predicted octanol–water partition coefficient (Wildman–Crippen LogP) is 2.83. The van der Waals surface area contributed by atoms with E-state index in [9.17, 15) is 0 Å². The van der Waals surface area contributed by atoms with E-state index in [2.05, 4.69) is 41.5 Å². The fourth-order valence-electron chi connectivity index (χ4n) is 2.94. The molecule has 0 aliphatic heterocycles. The number of ether oxygens (including phenoxy) is 1. The van der Waals surface area contributed by atoms with Crippen LogP contribution >= 0.6 is 0 Å². The molecule has 0 radical (unpaired) electrons. The van der Waals surface area contributed by atoms with Gasteiger partial charge in [0.2, 0.25) is 0 Å². The number of guanidine groups is 1. The van der Waals surface area contributed by atoms with E-state index < -0.39 is 0 Å². The highest BCUT2D eigenvalue weighted by molar-refractivity contribution is 5.79. The summed E-state index contributed by atoms with van der Waals surface area (Å²) in [6.45, 7) is 2.77. The van der Waals surface area contributed by atoms with Crippen LogP contribution in [0.1, 0.15) is 24.5 Å². The Morgan fingerprint density at radius 1 is 1.22 bits per heavy atom. The number of aliphatic imine (C=N–C) groups is 1. The van der Waals surface area contributed by atoms with Crippen molar-refractivity contribution in [1.82, 2.24) is 5.32 Å². The molecule has 0 aromatic heterocycles. The lowest BCUT2D eigenvalue weighted by Crippen LogP contribution is -2.36. The molecule has 3 N–H and O–H groups in total. The van der Waals surface area contributed by atoms with Crippen LogP contribution in [0.3, 0.4) is 0 Å². The molecule has 2 unspecified atom stereocenters. The van der Waals surface area contributed by atoms with E-state index in [1.54, 1.807) is 7.11 Å². The minimum atomic E-state index is 0.145. The maximum absolute atomic E-state index is 6.05. The Kier molecular flexibility index (Phi) is 4.24. The molecule has 120 valence electrons. The van der Waals surface area contributed by atoms with E-state index in [0.717, 1.165) is 17.7 Å². The summed E-state index contributed by atoms with van der Waals surface area (Å²) >= 11 is 0. The predicted molar refractivity (Wildman–Crippen MR) is 93.7 cm³/mol. The number of methoxy groups -OCH3 is 1. The van der Waals surface area contributed by atoms with Crippen LogP contribution in [0.5, 0.6) is 5.75 Å². The molecule has 3 rings (SSSR count). The topological polar surface area (TPSA) is 59.6 Å². The molecular formula is C19H23N3O. The van der Waals surface area contributed by atoms with Gasteiger partial charge in [0, 0.05) is 17.0 Å². The van der Waals surface area contributed by atoms with Crippen LogP contribution in [0.15, 0.2) is 59.6 Å². The van der Waals surface area contributed by atoms with Crippen molar-refractivity contribution in [3.8, 4) is 5.75 Å². The molecule has 4 heteroatoms. The second-order valence-electron chi connectivity index (χ2n) is 6.20. The van der Waals surface area contributed by atoms with Gasteiger partial charge in [0.15, 0.2) is 5.96 Å². The van der Waals surface area contributed by atoms with Crippen LogP contribution in [0.2, 0.25) is 0 Å². The number of rotatable bonds is 5. The van der Waals surface area contributed by atoms with Gasteiger partial charge in [0.05, 0.1) is 13.7 Å². The van der Waals surface area contributed by atoms with Gasteiger partial charge in [-0.15, -0.1) is 0 Å². The largest absolute Gasteiger partial charge is 0.496 e. The fraction of sp³-hybridized carbons (Fsp3) is 0.316. The summed E-state index contributed by atoms with van der Waals surface area (Å²) < 4.78 is 5.33. The highest BCUT2D eigenvalue weighted by Crippen LogP contribution is 2.47. The summed E-state index contributed by atoms with van der Waals surface area (Å²) in [6, 6.07) is 18.7. The average Bonchev–Trinajstić information content (AvgIpc) is 3.25. The minimum Gasteiger partial charge on any atom is -0.496 e. The van der Waals surface area contributed by atoms with Crippen molar-refractivity contribution in [3.63, 3.8) is 0 Å². The summed E-state index contributed by atoms with van der Waals surface area (Å²) in [7, 11) is 1.67. The Labute approximate surface area is 137 Å². The maximum Gasteiger partial charge on any atom is 0.189 e. The molecule has 0 spiro atoms. The lowest BCUT2D eigenvalue weighted by Gasteiger charge is -2.13. The number of nitrogens with one attached hydrogen (secondary N) is 1. The van der Waals surface area contributed by atoms with E-state index in [0.29, 0.717) is 18.5 Å². The Bertz CT molecular complexity index is 699. The lowest BCUT2D eigenvalue weighted by atomic mass is 9.98. The van der Waals surface area contributed by atoms with Crippen LogP contribution < -0.4 is 15.8 Å². The van der Waals surface area contributed by atoms with Gasteiger partial charge >= 0.3 is 0 Å². The van der Waals surface area contributed by atoms with Gasteiger partial charge in [-0.3, -0.25) is 0 Å². The maximum atomic E-state index is 6.05. The molecule has 4 nitrogen and oxygen atoms in total. The van der Waals surface area contributed by atoms with Gasteiger partial charge in [0.25, 0.3) is 0 Å². The third kappa shape index (κ3) is 3.31. The Balaban J connectivity index is 1.61. The van der Waals surface area contributed by atoms with E-state index in [4.69, 9.17) is 10.5 Å². The van der Waals surface area contributed by atoms with Crippen molar-refractivity contribution in [2.45, 2.75) is 31.3 Å². The molecule has 0 saturated heterocycles. The average molecular weight is 309 g/mol. The standard InChI is InChI=1S/C19H23N3O/c1-19(15-9-4-3-5-10-15)12-17(19)22-18(20)21-13-14-8-6-7-11-16(14)23-2/h3-11,17H,12-13H2,1-2H3,(H3,20,21,22). The first-order valence-electron chi connectivity index (χ1n) is 7.87. The SMILES string of the molecule is COc1ccccc1CN=C(N)NC1CC1(C)c1ccccc1. The van der Waals surface area contributed by atoms with Gasteiger partial charge < -0.3 is 15.8 Å². The van der Waals surface area contributed by atoms with E-state index in [1.807, 2.05) is 30.3 Å². The molecule has 0 bridgehead atoms. The summed E-state index contributed by atoms with van der Waals surface area (Å²) in [5.74, 6) is 1.32. The van der Waals surface area contributed by atoms with Crippen LogP contribution in [-0.2, 0) is 12.0 Å². The second-order valence-corrected chi connectivity index (χ2v) is 6.20. The second kappa shape index (κ2) is 6.32. The van der Waals surface area contributed by atoms with Gasteiger partial charge in [-0.05, 0) is 18.1 Å². The molecule has 1 aliphatic carbocycles. The first-order chi connectivity index (χ1) is 11.1. The van der Waals surface area contributed by atoms with Crippen molar-refractivity contribution >= 4 is 5.96 Å². The minimum absolute atomic E-state index is 0.145. The molecule has 0 amide bonds. The highest BCUT2D eigenvalue weighted by atomic mass is 16.5. The van der Waals surface area contributed by atoms with Crippen molar-refractivity contribution < 1.29 is 4.74 Å². The zero-order chi connectivity index (χ0) is 16.3. The van der Waals surface area contributed by atoms with Crippen molar-refractivity contribution in [3.05, 3.63) is 65.7 Å². The Hall–Kier alpha value is -2.49. The molecule has 1 fully saturated rings. The third-order valence-corrected chi connectivity index (χ3v) is 4.60. The van der Waals surface area contributed by atoms with Crippen molar-refractivity contribution in [1.29, 1.82) is 0 Å². The molecule has 1 aliphatic rings. The number of para-hydroxylation sites is 1. The first kappa shape index (κ1) is 15.4. The van der Waals surface area contributed by atoms with Crippen LogP contribution in [0, 0.1) is 0 Å². The van der Waals surface area contributed by atoms with E-state index in [-0.39, 0.29) is 5.41 Å². The molecule has 1 saturated carbocycles. The monoisotopic (exact) mass is 309 g/mol. The van der Waals surface area contributed by atoms with Gasteiger partial charge in [-0.2, -0.15) is 0 Å². The van der Waals surface area contributed by atoms with E-state index in [1.165, 1.54) is 5.56 Å². The number of hydrogen-bond donors (Lipinski definition) is 2. The molecule has 2 aromatic rings. The quantitative estimate of drug-likeness (QED) is 0.659. The molecule has 2 atom stereocenters. The molecule has 0 heterocycles. The Morgan fingerprint density at radius 3 is 2.65 bits per heavy atom. The lowest BCUT2D eigenvalue weighted by molar-refractivity contribution is 0.410.